The topological polar surface area (TPSA) is 257 Å². The van der Waals surface area contributed by atoms with E-state index < -0.39 is 45.6 Å². The Morgan fingerprint density at radius 2 is 1.26 bits per heavy atom. The molecule has 2 amide bonds. The molecule has 3 fully saturated rings. The number of phosphoric acid groups is 2. The van der Waals surface area contributed by atoms with Gasteiger partial charge in [0.25, 0.3) is 11.8 Å². The molecule has 0 aromatic carbocycles. The van der Waals surface area contributed by atoms with E-state index >= 15 is 0 Å². The summed E-state index contributed by atoms with van der Waals surface area (Å²) in [6, 6.07) is -0.763. The number of nitrogens with zero attached hydrogens (tertiary/aromatic N) is 2. The average Bonchev–Trinajstić information content (AvgIpc) is 3.49. The van der Waals surface area contributed by atoms with Crippen molar-refractivity contribution in [3.8, 4) is 0 Å². The van der Waals surface area contributed by atoms with Gasteiger partial charge in [0.15, 0.2) is 5.79 Å². The van der Waals surface area contributed by atoms with Crippen molar-refractivity contribution >= 4 is 27.5 Å². The van der Waals surface area contributed by atoms with Crippen molar-refractivity contribution < 1.29 is 67.0 Å². The number of hydrogen-bond acceptors (Lipinski definition) is 12. The van der Waals surface area contributed by atoms with E-state index in [2.05, 4.69) is 32.8 Å². The lowest BCUT2D eigenvalue weighted by atomic mass is 10.1. The molecule has 20 heteroatoms. The quantitative estimate of drug-likeness (QED) is 0.151. The van der Waals surface area contributed by atoms with Crippen molar-refractivity contribution in [3.63, 3.8) is 0 Å². The van der Waals surface area contributed by atoms with Crippen molar-refractivity contribution in [2.24, 2.45) is 11.8 Å². The highest BCUT2D eigenvalue weighted by Crippen LogP contribution is 2.46. The van der Waals surface area contributed by atoms with E-state index in [1.807, 2.05) is 0 Å². The van der Waals surface area contributed by atoms with Crippen LogP contribution < -0.4 is 10.6 Å². The van der Waals surface area contributed by atoms with Crippen molar-refractivity contribution in [2.75, 3.05) is 13.2 Å². The normalized spacial score (nSPS) is 33.7. The molecule has 18 nitrogen and oxygen atoms in total. The zero-order chi connectivity index (χ0) is 33.5. The maximum Gasteiger partial charge on any atom is 0.469 e. The first-order valence-electron chi connectivity index (χ1n) is 13.8. The van der Waals surface area contributed by atoms with Crippen LogP contribution in [0.3, 0.4) is 0 Å². The smallest absolute Gasteiger partial charge is 0.390 e. The second kappa shape index (κ2) is 14.4. The first-order chi connectivity index (χ1) is 20.7. The summed E-state index contributed by atoms with van der Waals surface area (Å²) < 4.78 is 42.6. The molecule has 0 spiro atoms. The maximum atomic E-state index is 11.4. The van der Waals surface area contributed by atoms with Gasteiger partial charge >= 0.3 is 15.6 Å². The molecule has 3 heterocycles. The summed E-state index contributed by atoms with van der Waals surface area (Å²) in [7, 11) is -9.19. The summed E-state index contributed by atoms with van der Waals surface area (Å²) in [6.45, 7) is 10.5. The van der Waals surface area contributed by atoms with Gasteiger partial charge in [-0.05, 0) is 26.7 Å². The Hall–Kier alpha value is -2.44. The van der Waals surface area contributed by atoms with Gasteiger partial charge in [-0.3, -0.25) is 18.6 Å². The molecule has 8 N–H and O–H groups in total. The number of aliphatic hydroxyl groups is 2. The molecule has 2 aliphatic carbocycles. The van der Waals surface area contributed by atoms with Crippen LogP contribution in [0, 0.1) is 11.8 Å². The van der Waals surface area contributed by atoms with Crippen molar-refractivity contribution in [1.29, 1.82) is 0 Å². The number of fused-ring (bicyclic) bond motifs is 1. The molecule has 46 heavy (non-hydrogen) atoms. The minimum Gasteiger partial charge on any atom is -0.390 e. The predicted molar refractivity (Wildman–Crippen MR) is 159 cm³/mol. The molecule has 2 saturated carbocycles. The van der Waals surface area contributed by atoms with E-state index in [0.717, 1.165) is 0 Å². The molecular weight excluding hydrogens is 654 g/mol. The highest BCUT2D eigenvalue weighted by atomic mass is 31.2. The van der Waals surface area contributed by atoms with Gasteiger partial charge in [0.2, 0.25) is 0 Å². The number of aliphatic hydroxyl groups excluding tert-OH is 2. The molecule has 1 saturated heterocycles. The first-order valence-corrected chi connectivity index (χ1v) is 16.9. The minimum atomic E-state index is -4.63. The van der Waals surface area contributed by atoms with Crippen LogP contribution in [0.4, 0.5) is 0 Å². The van der Waals surface area contributed by atoms with Gasteiger partial charge in [0.05, 0.1) is 37.5 Å². The Labute approximate surface area is 265 Å². The molecule has 8 atom stereocenters. The number of hydrogen-bond donors (Lipinski definition) is 8. The highest BCUT2D eigenvalue weighted by Gasteiger charge is 2.56. The second-order valence-corrected chi connectivity index (χ2v) is 14.0. The van der Waals surface area contributed by atoms with Gasteiger partial charge in [-0.25, -0.2) is 9.13 Å². The maximum absolute atomic E-state index is 11.4. The molecule has 4 unspecified atom stereocenters. The number of carbonyl (C=O) groups excluding carboxylic acids is 2. The van der Waals surface area contributed by atoms with Gasteiger partial charge < -0.3 is 59.7 Å². The van der Waals surface area contributed by atoms with E-state index in [0.29, 0.717) is 12.2 Å². The van der Waals surface area contributed by atoms with Crippen molar-refractivity contribution in [2.45, 2.75) is 76.4 Å². The van der Waals surface area contributed by atoms with Crippen molar-refractivity contribution in [3.05, 3.63) is 49.4 Å². The van der Waals surface area contributed by atoms with Crippen LogP contribution in [0.1, 0.15) is 34.1 Å². The summed E-state index contributed by atoms with van der Waals surface area (Å²) in [5, 5.41) is 25.1. The van der Waals surface area contributed by atoms with E-state index in [9.17, 15) is 28.9 Å². The molecule has 260 valence electrons. The fourth-order valence-corrected chi connectivity index (χ4v) is 6.78. The van der Waals surface area contributed by atoms with Crippen LogP contribution in [-0.2, 0) is 37.2 Å². The predicted octanol–water partition coefficient (Wildman–Crippen LogP) is -0.320. The largest absolute Gasteiger partial charge is 0.469 e. The third-order valence-electron chi connectivity index (χ3n) is 7.88. The standard InChI is InChI=1S/C14H21N2O7P.C11H17N2O7P.CH4/c1-8-15-11(17)4-5-16(8)10-6-9(7-21-24(18,19)20)12-13(10)23-14(2,3)22-12;1-6-12-9(14)2-3-13(6)8-4-7(10(15)11(8)16)5-20-21(17,18)19;/h4-5,9-10,12-13H,1,6-7H2,2-3H3,(H,15,17)(H2,18,19,20);2-3,7-8,10-11,15-16H,1,4-5H2,(H,12,14)(H2,17,18,19);1H4/t9?,10-,12-,13?;7?,8-,10-,11?;/m11./s1. The lowest BCUT2D eigenvalue weighted by molar-refractivity contribution is -0.162. The SMILES string of the molecule is C.C=C1NC(=O)C=CN1[C@@H]1CC(COP(=O)(O)O)[C@@H](O)C1O.C=C1NC(=O)C=CN1[C@@H]1CC(COP(=O)(O)O)[C@H]2OC(C)(C)OC21. The van der Waals surface area contributed by atoms with E-state index in [4.69, 9.17) is 29.0 Å². The molecule has 5 rings (SSSR count). The summed E-state index contributed by atoms with van der Waals surface area (Å²) in [4.78, 5) is 61.1. The number of rotatable bonds is 8. The lowest BCUT2D eigenvalue weighted by Gasteiger charge is -2.34. The van der Waals surface area contributed by atoms with Gasteiger partial charge in [-0.1, -0.05) is 20.6 Å². The molecule has 0 aromatic rings. The summed E-state index contributed by atoms with van der Waals surface area (Å²) >= 11 is 0. The Kier molecular flexibility index (Phi) is 11.9. The van der Waals surface area contributed by atoms with Crippen LogP contribution >= 0.6 is 15.6 Å². The average molecular weight is 697 g/mol. The fraction of sp³-hybridized carbons (Fsp3) is 0.615. The zero-order valence-electron chi connectivity index (χ0n) is 24.4. The van der Waals surface area contributed by atoms with Gasteiger partial charge in [-0.2, -0.15) is 0 Å². The Balaban J connectivity index is 0.000000247. The molecular formula is C26H42N4O14P2. The third-order valence-corrected chi connectivity index (χ3v) is 8.85. The number of ether oxygens (including phenoxy) is 2. The zero-order valence-corrected chi connectivity index (χ0v) is 26.2. The molecule has 0 bridgehead atoms. The van der Waals surface area contributed by atoms with Crippen LogP contribution in [0.25, 0.3) is 0 Å². The van der Waals surface area contributed by atoms with Gasteiger partial charge in [0, 0.05) is 36.4 Å². The van der Waals surface area contributed by atoms with E-state index in [1.54, 1.807) is 24.9 Å². The summed E-state index contributed by atoms with van der Waals surface area (Å²) in [6.07, 6.45) is 3.41. The van der Waals surface area contributed by atoms with Crippen LogP contribution in [0.2, 0.25) is 0 Å². The number of phosphoric ester groups is 2. The van der Waals surface area contributed by atoms with Crippen LogP contribution in [0.15, 0.2) is 49.4 Å². The van der Waals surface area contributed by atoms with Gasteiger partial charge in [-0.15, -0.1) is 0 Å². The second-order valence-electron chi connectivity index (χ2n) is 11.6. The first kappa shape index (κ1) is 38.0. The molecule has 0 aromatic heterocycles. The monoisotopic (exact) mass is 696 g/mol. The summed E-state index contributed by atoms with van der Waals surface area (Å²) in [5.74, 6) is -1.61. The Morgan fingerprint density at radius 3 is 1.74 bits per heavy atom. The third kappa shape index (κ3) is 9.34. The number of amides is 2. The fourth-order valence-electron chi connectivity index (χ4n) is 6.01. The molecule has 0 radical (unpaired) electrons. The Bertz CT molecular complexity index is 1350. The number of nitrogens with one attached hydrogen (secondary N) is 2. The summed E-state index contributed by atoms with van der Waals surface area (Å²) in [5.41, 5.74) is 0. The Morgan fingerprint density at radius 1 is 0.826 bits per heavy atom. The lowest BCUT2D eigenvalue weighted by Crippen LogP contribution is -2.45. The highest BCUT2D eigenvalue weighted by molar-refractivity contribution is 7.46. The minimum absolute atomic E-state index is 0. The van der Waals surface area contributed by atoms with Crippen LogP contribution in [-0.4, -0.2) is 107 Å². The van der Waals surface area contributed by atoms with Gasteiger partial charge in [0.1, 0.15) is 23.8 Å². The number of carbonyl (C=O) groups is 2. The van der Waals surface area contributed by atoms with Crippen molar-refractivity contribution in [1.82, 2.24) is 20.4 Å². The van der Waals surface area contributed by atoms with E-state index in [-0.39, 0.29) is 68.9 Å². The molecule has 5 aliphatic rings. The van der Waals surface area contributed by atoms with E-state index in [1.165, 1.54) is 23.3 Å². The molecule has 3 aliphatic heterocycles. The van der Waals surface area contributed by atoms with Crippen LogP contribution in [0.5, 0.6) is 0 Å².